The fourth-order valence-corrected chi connectivity index (χ4v) is 2.82. The molecule has 0 atom stereocenters. The van der Waals surface area contributed by atoms with Crippen LogP contribution in [-0.4, -0.2) is 22.0 Å². The number of benzene rings is 2. The second-order valence-corrected chi connectivity index (χ2v) is 6.01. The summed E-state index contributed by atoms with van der Waals surface area (Å²) in [5.74, 6) is 9.33. The molecule has 1 aromatic heterocycles. The Labute approximate surface area is 166 Å². The van der Waals surface area contributed by atoms with Gasteiger partial charge in [-0.15, -0.1) is 0 Å². The van der Waals surface area contributed by atoms with Gasteiger partial charge in [-0.2, -0.15) is 23.2 Å². The number of carbonyl (C=O) groups is 2. The maximum atomic E-state index is 14.0. The lowest BCUT2D eigenvalue weighted by atomic mass is 9.97. The maximum Gasteiger partial charge on any atom is 0.434 e. The van der Waals surface area contributed by atoms with Crippen molar-refractivity contribution in [1.82, 2.24) is 9.97 Å². The molecule has 0 saturated heterocycles. The van der Waals surface area contributed by atoms with Crippen LogP contribution >= 0.6 is 0 Å². The van der Waals surface area contributed by atoms with E-state index in [0.29, 0.717) is 10.8 Å². The fraction of sp³-hybridized carbons (Fsp3) is 0.0588. The van der Waals surface area contributed by atoms with Gasteiger partial charge in [-0.25, -0.2) is 31.3 Å². The number of aromatic nitrogens is 2. The topological polar surface area (TPSA) is 170 Å². The first kappa shape index (κ1) is 20.8. The average Bonchev–Trinajstić information content (AvgIpc) is 2.70. The molecule has 10 nitrogen and oxygen atoms in total. The summed E-state index contributed by atoms with van der Waals surface area (Å²) < 4.78 is 41.9. The number of nitrogens with zero attached hydrogens (tertiary/aromatic N) is 4. The van der Waals surface area contributed by atoms with E-state index < -0.39 is 41.3 Å². The molecule has 0 fully saturated rings. The average molecular weight is 420 g/mol. The summed E-state index contributed by atoms with van der Waals surface area (Å²) in [4.78, 5) is 30.1. The van der Waals surface area contributed by atoms with Crippen molar-refractivity contribution in [3.63, 3.8) is 0 Å². The quantitative estimate of drug-likeness (QED) is 0.286. The van der Waals surface area contributed by atoms with Crippen LogP contribution in [0.15, 0.2) is 42.5 Å². The molecule has 156 valence electrons. The van der Waals surface area contributed by atoms with Crippen LogP contribution in [0.5, 0.6) is 0 Å². The van der Waals surface area contributed by atoms with E-state index in [1.54, 1.807) is 30.3 Å². The first-order valence-electron chi connectivity index (χ1n) is 8.18. The lowest BCUT2D eigenvalue weighted by molar-refractivity contribution is -0.140. The largest absolute Gasteiger partial charge is 0.434 e. The minimum Gasteiger partial charge on any atom is -0.350 e. The van der Waals surface area contributed by atoms with Crippen LogP contribution in [-0.2, 0) is 6.18 Å². The molecular weight excluding hydrogens is 405 g/mol. The van der Waals surface area contributed by atoms with Crippen molar-refractivity contribution in [3.05, 3.63) is 48.2 Å². The molecule has 0 radical (unpaired) electrons. The number of nitrogens with two attached hydrogens (primary N) is 4. The zero-order valence-electron chi connectivity index (χ0n) is 15.1. The minimum absolute atomic E-state index is 0.0290. The molecule has 0 bridgehead atoms. The Bertz CT molecular complexity index is 1150. The Hall–Kier alpha value is -3.97. The number of amides is 4. The van der Waals surface area contributed by atoms with Crippen molar-refractivity contribution < 1.29 is 22.8 Å². The van der Waals surface area contributed by atoms with Gasteiger partial charge in [-0.1, -0.05) is 42.5 Å². The normalized spacial score (nSPS) is 11.4. The number of carbonyl (C=O) groups excluding carboxylic acids is 2. The Morgan fingerprint density at radius 2 is 1.47 bits per heavy atom. The van der Waals surface area contributed by atoms with Gasteiger partial charge in [0.05, 0.1) is 5.56 Å². The van der Waals surface area contributed by atoms with Gasteiger partial charge >= 0.3 is 18.2 Å². The summed E-state index contributed by atoms with van der Waals surface area (Å²) in [6, 6.07) is 8.51. The van der Waals surface area contributed by atoms with E-state index in [0.717, 1.165) is 0 Å². The number of fused-ring (bicyclic) bond motifs is 1. The summed E-state index contributed by atoms with van der Waals surface area (Å²) in [5, 5.41) is 1.30. The highest BCUT2D eigenvalue weighted by molar-refractivity contribution is 6.03. The van der Waals surface area contributed by atoms with Crippen LogP contribution in [0.4, 0.5) is 34.5 Å². The molecule has 4 amide bonds. The molecule has 0 aliphatic rings. The summed E-state index contributed by atoms with van der Waals surface area (Å²) >= 11 is 0. The SMILES string of the molecule is NC(=O)N(N)c1nc(N(N)C(N)=O)c(-c2cccc3ccccc23)c(C(F)(F)F)n1. The van der Waals surface area contributed by atoms with Crippen molar-refractivity contribution >= 4 is 34.6 Å². The van der Waals surface area contributed by atoms with Gasteiger partial charge in [0.2, 0.25) is 0 Å². The van der Waals surface area contributed by atoms with Crippen LogP contribution in [0.25, 0.3) is 21.9 Å². The van der Waals surface area contributed by atoms with Crippen LogP contribution in [0.3, 0.4) is 0 Å². The minimum atomic E-state index is -5.05. The zero-order valence-corrected chi connectivity index (χ0v) is 15.1. The summed E-state index contributed by atoms with van der Waals surface area (Å²) in [5.41, 5.74) is 8.07. The van der Waals surface area contributed by atoms with Crippen LogP contribution in [0, 0.1) is 0 Å². The monoisotopic (exact) mass is 420 g/mol. The molecule has 0 aliphatic carbocycles. The van der Waals surface area contributed by atoms with Gasteiger partial charge in [-0.05, 0) is 16.3 Å². The Kier molecular flexibility index (Phi) is 5.16. The third kappa shape index (κ3) is 3.66. The van der Waals surface area contributed by atoms with Crippen LogP contribution in [0.1, 0.15) is 5.69 Å². The summed E-state index contributed by atoms with van der Waals surface area (Å²) in [6.07, 6.45) is -5.05. The summed E-state index contributed by atoms with van der Waals surface area (Å²) in [6.45, 7) is 0. The Morgan fingerprint density at radius 1 is 0.867 bits per heavy atom. The third-order valence-corrected chi connectivity index (χ3v) is 4.12. The molecule has 13 heteroatoms. The highest BCUT2D eigenvalue weighted by Crippen LogP contribution is 2.43. The molecule has 0 unspecified atom stereocenters. The highest BCUT2D eigenvalue weighted by Gasteiger charge is 2.40. The molecule has 8 N–H and O–H groups in total. The van der Waals surface area contributed by atoms with E-state index in [9.17, 15) is 22.8 Å². The van der Waals surface area contributed by atoms with Crippen molar-refractivity contribution in [2.24, 2.45) is 23.2 Å². The molecule has 2 aromatic carbocycles. The molecule has 3 rings (SSSR count). The molecule has 0 spiro atoms. The number of hydrogen-bond acceptors (Lipinski definition) is 6. The highest BCUT2D eigenvalue weighted by atomic mass is 19.4. The van der Waals surface area contributed by atoms with E-state index in [-0.39, 0.29) is 15.6 Å². The Morgan fingerprint density at radius 3 is 2.07 bits per heavy atom. The second-order valence-electron chi connectivity index (χ2n) is 6.01. The molecule has 0 aliphatic heterocycles. The second kappa shape index (κ2) is 7.46. The van der Waals surface area contributed by atoms with Gasteiger partial charge in [0, 0.05) is 0 Å². The maximum absolute atomic E-state index is 14.0. The first-order valence-corrected chi connectivity index (χ1v) is 8.18. The first-order chi connectivity index (χ1) is 14.0. The predicted octanol–water partition coefficient (Wildman–Crippen LogP) is 1.83. The van der Waals surface area contributed by atoms with Gasteiger partial charge in [0.25, 0.3) is 5.95 Å². The number of hydrazine groups is 2. The smallest absolute Gasteiger partial charge is 0.350 e. The number of halogens is 3. The van der Waals surface area contributed by atoms with E-state index in [4.69, 9.17) is 23.2 Å². The Balaban J connectivity index is 2.48. The van der Waals surface area contributed by atoms with Gasteiger partial charge < -0.3 is 11.5 Å². The predicted molar refractivity (Wildman–Crippen MR) is 102 cm³/mol. The standard InChI is InChI=1S/C17H15F3N8O2/c18-17(19,20)12-11(10-7-3-5-8-4-1-2-6-9(8)10)13(27(23)14(21)29)26-16(25-12)28(24)15(22)30/h1-7H,23-24H2,(H2,21,29)(H2,22,30). The number of urea groups is 2. The zero-order chi connectivity index (χ0) is 22.2. The summed E-state index contributed by atoms with van der Waals surface area (Å²) in [7, 11) is 0. The number of alkyl halides is 3. The van der Waals surface area contributed by atoms with E-state index in [2.05, 4.69) is 9.97 Å². The van der Waals surface area contributed by atoms with Crippen molar-refractivity contribution in [3.8, 4) is 11.1 Å². The molecule has 0 saturated carbocycles. The molecule has 3 aromatic rings. The number of primary amides is 2. The van der Waals surface area contributed by atoms with Gasteiger partial charge in [-0.3, -0.25) is 0 Å². The lowest BCUT2D eigenvalue weighted by Gasteiger charge is -2.23. The van der Waals surface area contributed by atoms with Crippen molar-refractivity contribution in [2.75, 3.05) is 10.0 Å². The molecule has 1 heterocycles. The fourth-order valence-electron chi connectivity index (χ4n) is 2.82. The number of anilines is 2. The van der Waals surface area contributed by atoms with Crippen LogP contribution < -0.4 is 33.2 Å². The molecular formula is C17H15F3N8O2. The van der Waals surface area contributed by atoms with E-state index >= 15 is 0 Å². The lowest BCUT2D eigenvalue weighted by Crippen LogP contribution is -2.45. The van der Waals surface area contributed by atoms with Crippen molar-refractivity contribution in [1.29, 1.82) is 0 Å². The number of hydrogen-bond donors (Lipinski definition) is 4. The van der Waals surface area contributed by atoms with Gasteiger partial charge in [0.15, 0.2) is 11.5 Å². The van der Waals surface area contributed by atoms with E-state index in [1.165, 1.54) is 12.1 Å². The molecule has 30 heavy (non-hydrogen) atoms. The van der Waals surface area contributed by atoms with Crippen molar-refractivity contribution in [2.45, 2.75) is 6.18 Å². The number of rotatable bonds is 3. The van der Waals surface area contributed by atoms with Gasteiger partial charge in [0.1, 0.15) is 0 Å². The van der Waals surface area contributed by atoms with Crippen LogP contribution in [0.2, 0.25) is 0 Å². The third-order valence-electron chi connectivity index (χ3n) is 4.12. The van der Waals surface area contributed by atoms with E-state index in [1.807, 2.05) is 0 Å².